The molecule has 2 rings (SSSR count). The number of rotatable bonds is 11. The van der Waals surface area contributed by atoms with Crippen LogP contribution in [0.1, 0.15) is 19.4 Å². The first kappa shape index (κ1) is 27.1. The van der Waals surface area contributed by atoms with Crippen molar-refractivity contribution in [1.82, 2.24) is 14.5 Å². The fourth-order valence-corrected chi connectivity index (χ4v) is 4.29. The maximum Gasteiger partial charge on any atom is 0.304 e. The van der Waals surface area contributed by atoms with Gasteiger partial charge in [-0.25, -0.2) is 8.70 Å². The molecule has 0 saturated carbocycles. The highest BCUT2D eigenvalue weighted by atomic mass is 32.2. The van der Waals surface area contributed by atoms with Gasteiger partial charge in [0.2, 0.25) is 11.8 Å². The molecule has 0 aliphatic heterocycles. The molecule has 1 N–H and O–H groups in total. The topological polar surface area (TPSA) is 99.3 Å². The molecule has 0 unspecified atom stereocenters. The van der Waals surface area contributed by atoms with Crippen LogP contribution in [0, 0.1) is 5.82 Å². The molecule has 0 heterocycles. The minimum atomic E-state index is -4.22. The SMILES string of the molecule is CCNC(=O)[C@@H](C)N(Cc1cccc(OC)c1)C(=O)CN(c1ccccc1F)S(=O)(=O)N(C)C. The van der Waals surface area contributed by atoms with Crippen molar-refractivity contribution >= 4 is 27.7 Å². The van der Waals surface area contributed by atoms with Gasteiger partial charge in [0.05, 0.1) is 12.8 Å². The zero-order chi connectivity index (χ0) is 25.5. The number of hydrogen-bond donors (Lipinski definition) is 1. The van der Waals surface area contributed by atoms with Crippen LogP contribution >= 0.6 is 0 Å². The van der Waals surface area contributed by atoms with E-state index >= 15 is 0 Å². The molecule has 186 valence electrons. The molecular weight excluding hydrogens is 463 g/mol. The third kappa shape index (κ3) is 6.45. The lowest BCUT2D eigenvalue weighted by Gasteiger charge is -2.32. The Morgan fingerprint density at radius 1 is 1.12 bits per heavy atom. The number of carbonyl (C=O) groups excluding carboxylic acids is 2. The van der Waals surface area contributed by atoms with Crippen LogP contribution in [-0.4, -0.2) is 69.8 Å². The van der Waals surface area contributed by atoms with Crippen LogP contribution in [0.25, 0.3) is 0 Å². The van der Waals surface area contributed by atoms with Gasteiger partial charge in [0, 0.05) is 27.2 Å². The quantitative estimate of drug-likeness (QED) is 0.515. The van der Waals surface area contributed by atoms with E-state index < -0.39 is 40.4 Å². The second kappa shape index (κ2) is 11.8. The van der Waals surface area contributed by atoms with E-state index in [2.05, 4.69) is 5.32 Å². The molecule has 0 aromatic heterocycles. The smallest absolute Gasteiger partial charge is 0.304 e. The van der Waals surface area contributed by atoms with E-state index in [9.17, 15) is 22.4 Å². The Morgan fingerprint density at radius 2 is 1.79 bits per heavy atom. The summed E-state index contributed by atoms with van der Waals surface area (Å²) >= 11 is 0. The summed E-state index contributed by atoms with van der Waals surface area (Å²) in [6.45, 7) is 2.98. The zero-order valence-electron chi connectivity index (χ0n) is 20.0. The first-order chi connectivity index (χ1) is 16.0. The van der Waals surface area contributed by atoms with Crippen molar-refractivity contribution in [3.05, 3.63) is 59.9 Å². The molecule has 1 atom stereocenters. The summed E-state index contributed by atoms with van der Waals surface area (Å²) in [4.78, 5) is 27.3. The van der Waals surface area contributed by atoms with Crippen molar-refractivity contribution < 1.29 is 27.1 Å². The molecule has 34 heavy (non-hydrogen) atoms. The Hall–Kier alpha value is -3.18. The second-order valence-electron chi connectivity index (χ2n) is 7.69. The zero-order valence-corrected chi connectivity index (χ0v) is 20.8. The van der Waals surface area contributed by atoms with Gasteiger partial charge >= 0.3 is 10.2 Å². The molecule has 0 saturated heterocycles. The number of likely N-dealkylation sites (N-methyl/N-ethyl adjacent to an activating group) is 1. The Kier molecular flexibility index (Phi) is 9.39. The number of anilines is 1. The van der Waals surface area contributed by atoms with Crippen molar-refractivity contribution in [3.8, 4) is 5.75 Å². The number of ether oxygens (including phenoxy) is 1. The predicted octanol–water partition coefficient (Wildman–Crippen LogP) is 2.00. The van der Waals surface area contributed by atoms with Crippen LogP contribution < -0.4 is 14.4 Å². The number of amides is 2. The average Bonchev–Trinajstić information content (AvgIpc) is 2.81. The number of halogens is 1. The number of nitrogens with one attached hydrogen (secondary N) is 1. The molecule has 0 spiro atoms. The lowest BCUT2D eigenvalue weighted by molar-refractivity contribution is -0.139. The van der Waals surface area contributed by atoms with E-state index in [0.29, 0.717) is 22.2 Å². The number of benzene rings is 2. The summed E-state index contributed by atoms with van der Waals surface area (Å²) in [5.74, 6) is -1.29. The van der Waals surface area contributed by atoms with Crippen molar-refractivity contribution in [2.45, 2.75) is 26.4 Å². The summed E-state index contributed by atoms with van der Waals surface area (Å²) in [5.41, 5.74) is 0.410. The highest BCUT2D eigenvalue weighted by Gasteiger charge is 2.33. The van der Waals surface area contributed by atoms with Gasteiger partial charge in [0.15, 0.2) is 0 Å². The first-order valence-corrected chi connectivity index (χ1v) is 12.1. The van der Waals surface area contributed by atoms with Gasteiger partial charge in [-0.3, -0.25) is 9.59 Å². The molecule has 2 aromatic carbocycles. The number of hydrogen-bond acceptors (Lipinski definition) is 5. The van der Waals surface area contributed by atoms with E-state index in [1.165, 1.54) is 44.3 Å². The summed E-state index contributed by atoms with van der Waals surface area (Å²) in [6.07, 6.45) is 0. The lowest BCUT2D eigenvalue weighted by Crippen LogP contribution is -2.52. The highest BCUT2D eigenvalue weighted by molar-refractivity contribution is 7.90. The first-order valence-electron chi connectivity index (χ1n) is 10.7. The van der Waals surface area contributed by atoms with Crippen LogP contribution in [0.4, 0.5) is 10.1 Å². The normalized spacial score (nSPS) is 12.2. The molecular formula is C23H31FN4O5S. The predicted molar refractivity (Wildman–Crippen MR) is 128 cm³/mol. The summed E-state index contributed by atoms with van der Waals surface area (Å²) in [6, 6.07) is 11.4. The van der Waals surface area contributed by atoms with E-state index in [-0.39, 0.29) is 12.2 Å². The van der Waals surface area contributed by atoms with Crippen molar-refractivity contribution in [1.29, 1.82) is 0 Å². The van der Waals surface area contributed by atoms with E-state index in [0.717, 1.165) is 10.4 Å². The molecule has 0 aliphatic carbocycles. The fraction of sp³-hybridized carbons (Fsp3) is 0.391. The van der Waals surface area contributed by atoms with Crippen LogP contribution in [0.3, 0.4) is 0 Å². The molecule has 9 nitrogen and oxygen atoms in total. The number of para-hydroxylation sites is 1. The van der Waals surface area contributed by atoms with Crippen LogP contribution in [0.2, 0.25) is 0 Å². The van der Waals surface area contributed by atoms with Crippen LogP contribution in [0.15, 0.2) is 48.5 Å². The molecule has 2 amide bonds. The standard InChI is InChI=1S/C23H31FN4O5S/c1-6-25-23(30)17(2)27(15-18-10-9-11-19(14-18)33-5)22(29)16-28(34(31,32)26(3)4)21-13-8-7-12-20(21)24/h7-14,17H,6,15-16H2,1-5H3,(H,25,30)/t17-/m1/s1. The largest absolute Gasteiger partial charge is 0.497 e. The van der Waals surface area contributed by atoms with Gasteiger partial charge < -0.3 is 15.0 Å². The Morgan fingerprint density at radius 3 is 2.38 bits per heavy atom. The second-order valence-corrected chi connectivity index (χ2v) is 9.76. The van der Waals surface area contributed by atoms with E-state index in [1.54, 1.807) is 38.1 Å². The number of nitrogens with zero attached hydrogens (tertiary/aromatic N) is 3. The Bertz CT molecular complexity index is 1110. The summed E-state index contributed by atoms with van der Waals surface area (Å²) < 4.78 is 47.4. The fourth-order valence-electron chi connectivity index (χ4n) is 3.23. The summed E-state index contributed by atoms with van der Waals surface area (Å²) in [7, 11) is -0.131. The van der Waals surface area contributed by atoms with Crippen LogP contribution in [-0.2, 0) is 26.3 Å². The van der Waals surface area contributed by atoms with Crippen molar-refractivity contribution in [2.75, 3.05) is 38.6 Å². The molecule has 2 aromatic rings. The van der Waals surface area contributed by atoms with E-state index in [1.807, 2.05) is 0 Å². The van der Waals surface area contributed by atoms with Crippen molar-refractivity contribution in [3.63, 3.8) is 0 Å². The van der Waals surface area contributed by atoms with Crippen molar-refractivity contribution in [2.24, 2.45) is 0 Å². The Labute approximate surface area is 200 Å². The van der Waals surface area contributed by atoms with Gasteiger partial charge in [0.25, 0.3) is 0 Å². The highest BCUT2D eigenvalue weighted by Crippen LogP contribution is 2.24. The van der Waals surface area contributed by atoms with E-state index in [4.69, 9.17) is 4.74 Å². The minimum absolute atomic E-state index is 0.0153. The monoisotopic (exact) mass is 494 g/mol. The lowest BCUT2D eigenvalue weighted by atomic mass is 10.1. The van der Waals surface area contributed by atoms with Gasteiger partial charge in [-0.15, -0.1) is 0 Å². The number of methoxy groups -OCH3 is 1. The third-order valence-corrected chi connectivity index (χ3v) is 6.95. The summed E-state index contributed by atoms with van der Waals surface area (Å²) in [5, 5.41) is 2.67. The Balaban J connectivity index is 2.47. The van der Waals surface area contributed by atoms with Gasteiger partial charge in [-0.05, 0) is 43.7 Å². The maximum absolute atomic E-state index is 14.6. The third-order valence-electron chi connectivity index (χ3n) is 5.15. The van der Waals surface area contributed by atoms with Crippen LogP contribution in [0.5, 0.6) is 5.75 Å². The minimum Gasteiger partial charge on any atom is -0.497 e. The number of carbonyl (C=O) groups is 2. The molecule has 11 heteroatoms. The maximum atomic E-state index is 14.6. The molecule has 0 aliphatic rings. The average molecular weight is 495 g/mol. The molecule has 0 bridgehead atoms. The van der Waals surface area contributed by atoms with Gasteiger partial charge in [-0.2, -0.15) is 12.7 Å². The van der Waals surface area contributed by atoms with Gasteiger partial charge in [-0.1, -0.05) is 24.3 Å². The molecule has 0 radical (unpaired) electrons. The van der Waals surface area contributed by atoms with Gasteiger partial charge in [0.1, 0.15) is 24.2 Å². The molecule has 0 fully saturated rings.